The van der Waals surface area contributed by atoms with Gasteiger partial charge in [0.2, 0.25) is 5.88 Å². The quantitative estimate of drug-likeness (QED) is 0.780. The molecule has 0 saturated heterocycles. The Balaban J connectivity index is 2.61. The number of hydrogen-bond donors (Lipinski definition) is 2. The molecule has 1 heterocycles. The van der Waals surface area contributed by atoms with E-state index in [0.717, 1.165) is 0 Å². The fraction of sp³-hybridized carbons (Fsp3) is 0.0909. The van der Waals surface area contributed by atoms with Gasteiger partial charge in [-0.25, -0.2) is 0 Å². The van der Waals surface area contributed by atoms with E-state index in [-0.39, 0.29) is 17.4 Å². The molecule has 0 aliphatic heterocycles. The third-order valence-electron chi connectivity index (χ3n) is 2.28. The predicted octanol–water partition coefficient (Wildman–Crippen LogP) is 1.45. The first-order valence-corrected chi connectivity index (χ1v) is 4.74. The lowest BCUT2D eigenvalue weighted by molar-refractivity contribution is 0.112. The minimum atomic E-state index is -0.0883. The third-order valence-corrected chi connectivity index (χ3v) is 2.28. The maximum Gasteiger partial charge on any atom is 0.222 e. The number of nitrogens with zero attached hydrogens (tertiary/aromatic N) is 1. The van der Waals surface area contributed by atoms with Gasteiger partial charge in [-0.2, -0.15) is 0 Å². The zero-order valence-electron chi connectivity index (χ0n) is 9.01. The molecule has 88 valence electrons. The number of nitrogens with two attached hydrogens (primary N) is 1. The SMILES string of the molecule is COc1cc(C=O)c(-c2cc(N)on2)cc1O. The van der Waals surface area contributed by atoms with Crippen LogP contribution in [0.1, 0.15) is 10.4 Å². The number of ether oxygens (including phenoxy) is 1. The second-order valence-corrected chi connectivity index (χ2v) is 3.34. The van der Waals surface area contributed by atoms with Crippen LogP contribution >= 0.6 is 0 Å². The lowest BCUT2D eigenvalue weighted by Gasteiger charge is -2.07. The second-order valence-electron chi connectivity index (χ2n) is 3.34. The topological polar surface area (TPSA) is 98.6 Å². The molecule has 0 bridgehead atoms. The summed E-state index contributed by atoms with van der Waals surface area (Å²) in [5.74, 6) is 0.258. The van der Waals surface area contributed by atoms with Gasteiger partial charge < -0.3 is 20.1 Å². The highest BCUT2D eigenvalue weighted by Gasteiger charge is 2.14. The summed E-state index contributed by atoms with van der Waals surface area (Å²) in [6.45, 7) is 0. The number of methoxy groups -OCH3 is 1. The predicted molar refractivity (Wildman–Crippen MR) is 60.0 cm³/mol. The Kier molecular flexibility index (Phi) is 2.70. The Bertz CT molecular complexity index is 563. The van der Waals surface area contributed by atoms with E-state index in [2.05, 4.69) is 5.16 Å². The van der Waals surface area contributed by atoms with Crippen LogP contribution in [-0.4, -0.2) is 23.7 Å². The number of anilines is 1. The number of aldehydes is 1. The number of carbonyl (C=O) groups excluding carboxylic acids is 1. The van der Waals surface area contributed by atoms with Crippen LogP contribution in [0.4, 0.5) is 5.88 Å². The van der Waals surface area contributed by atoms with Crippen LogP contribution < -0.4 is 10.5 Å². The number of nitrogen functional groups attached to an aromatic ring is 1. The first kappa shape index (κ1) is 11.0. The standard InChI is InChI=1S/C11H10N2O4/c1-16-10-2-6(5-14)7(3-9(10)15)8-4-11(12)17-13-8/h2-5,15H,12H2,1H3. The summed E-state index contributed by atoms with van der Waals surface area (Å²) in [6.07, 6.45) is 0.641. The molecule has 17 heavy (non-hydrogen) atoms. The molecule has 1 aromatic carbocycles. The normalized spacial score (nSPS) is 10.2. The molecule has 1 aromatic heterocycles. The second kappa shape index (κ2) is 4.17. The zero-order valence-corrected chi connectivity index (χ0v) is 9.01. The molecular weight excluding hydrogens is 224 g/mol. The Morgan fingerprint density at radius 2 is 2.24 bits per heavy atom. The van der Waals surface area contributed by atoms with E-state index >= 15 is 0 Å². The average Bonchev–Trinajstić information content (AvgIpc) is 2.75. The van der Waals surface area contributed by atoms with E-state index in [9.17, 15) is 9.90 Å². The molecule has 0 atom stereocenters. The smallest absolute Gasteiger partial charge is 0.222 e. The number of rotatable bonds is 3. The summed E-state index contributed by atoms with van der Waals surface area (Å²) in [7, 11) is 1.40. The molecular formula is C11H10N2O4. The Labute approximate surface area is 96.6 Å². The van der Waals surface area contributed by atoms with E-state index in [0.29, 0.717) is 23.1 Å². The van der Waals surface area contributed by atoms with Crippen LogP contribution in [0.2, 0.25) is 0 Å². The number of aromatic hydroxyl groups is 1. The lowest BCUT2D eigenvalue weighted by Crippen LogP contribution is -1.91. The van der Waals surface area contributed by atoms with Gasteiger partial charge in [0.25, 0.3) is 0 Å². The molecule has 0 spiro atoms. The highest BCUT2D eigenvalue weighted by atomic mass is 16.5. The first-order valence-electron chi connectivity index (χ1n) is 4.74. The molecule has 0 amide bonds. The van der Waals surface area contributed by atoms with Gasteiger partial charge >= 0.3 is 0 Å². The molecule has 0 aliphatic rings. The average molecular weight is 234 g/mol. The van der Waals surface area contributed by atoms with E-state index < -0.39 is 0 Å². The first-order chi connectivity index (χ1) is 8.15. The van der Waals surface area contributed by atoms with E-state index in [1.54, 1.807) is 0 Å². The van der Waals surface area contributed by atoms with Gasteiger partial charge in [0.15, 0.2) is 17.8 Å². The molecule has 3 N–H and O–H groups in total. The summed E-state index contributed by atoms with van der Waals surface area (Å²) in [6, 6.07) is 4.26. The Morgan fingerprint density at radius 1 is 1.47 bits per heavy atom. The highest BCUT2D eigenvalue weighted by molar-refractivity contribution is 5.88. The summed E-state index contributed by atoms with van der Waals surface area (Å²) in [5.41, 5.74) is 6.53. The van der Waals surface area contributed by atoms with Gasteiger partial charge in [0, 0.05) is 17.2 Å². The van der Waals surface area contributed by atoms with E-state index in [4.69, 9.17) is 15.0 Å². The van der Waals surface area contributed by atoms with Crippen molar-refractivity contribution in [1.82, 2.24) is 5.16 Å². The van der Waals surface area contributed by atoms with Gasteiger partial charge in [0.05, 0.1) is 7.11 Å². The largest absolute Gasteiger partial charge is 0.504 e. The van der Waals surface area contributed by atoms with Crippen molar-refractivity contribution in [3.05, 3.63) is 23.8 Å². The van der Waals surface area contributed by atoms with Crippen molar-refractivity contribution >= 4 is 12.2 Å². The third kappa shape index (κ3) is 1.92. The fourth-order valence-electron chi connectivity index (χ4n) is 1.48. The Morgan fingerprint density at radius 3 is 2.76 bits per heavy atom. The fourth-order valence-corrected chi connectivity index (χ4v) is 1.48. The van der Waals surface area contributed by atoms with Gasteiger partial charge in [0.1, 0.15) is 5.69 Å². The molecule has 2 rings (SSSR count). The van der Waals surface area contributed by atoms with Crippen LogP contribution in [0, 0.1) is 0 Å². The lowest BCUT2D eigenvalue weighted by atomic mass is 10.0. The highest BCUT2D eigenvalue weighted by Crippen LogP contribution is 2.34. The van der Waals surface area contributed by atoms with Crippen molar-refractivity contribution < 1.29 is 19.2 Å². The molecule has 0 fully saturated rings. The maximum atomic E-state index is 11.0. The van der Waals surface area contributed by atoms with Crippen LogP contribution in [0.15, 0.2) is 22.7 Å². The van der Waals surface area contributed by atoms with Crippen molar-refractivity contribution in [1.29, 1.82) is 0 Å². The molecule has 0 radical (unpaired) electrons. The summed E-state index contributed by atoms with van der Waals surface area (Å²) >= 11 is 0. The summed E-state index contributed by atoms with van der Waals surface area (Å²) < 4.78 is 9.62. The van der Waals surface area contributed by atoms with Crippen molar-refractivity contribution in [3.8, 4) is 22.8 Å². The van der Waals surface area contributed by atoms with Crippen LogP contribution in [0.25, 0.3) is 11.3 Å². The molecule has 2 aromatic rings. The zero-order chi connectivity index (χ0) is 12.4. The number of phenolic OH excluding ortho intramolecular Hbond substituents is 1. The molecule has 0 aliphatic carbocycles. The molecule has 6 nitrogen and oxygen atoms in total. The number of hydrogen-bond acceptors (Lipinski definition) is 6. The minimum absolute atomic E-state index is 0.0883. The number of benzene rings is 1. The van der Waals surface area contributed by atoms with Gasteiger partial charge in [-0.1, -0.05) is 5.16 Å². The number of aromatic nitrogens is 1. The van der Waals surface area contributed by atoms with Crippen molar-refractivity contribution in [2.24, 2.45) is 0 Å². The van der Waals surface area contributed by atoms with Crippen molar-refractivity contribution in [2.75, 3.05) is 12.8 Å². The van der Waals surface area contributed by atoms with Gasteiger partial charge in [-0.05, 0) is 12.1 Å². The van der Waals surface area contributed by atoms with Crippen LogP contribution in [-0.2, 0) is 0 Å². The maximum absolute atomic E-state index is 11.0. The molecule has 0 saturated carbocycles. The minimum Gasteiger partial charge on any atom is -0.504 e. The van der Waals surface area contributed by atoms with Crippen molar-refractivity contribution in [3.63, 3.8) is 0 Å². The molecule has 6 heteroatoms. The van der Waals surface area contributed by atoms with Gasteiger partial charge in [-0.15, -0.1) is 0 Å². The number of phenols is 1. The monoisotopic (exact) mass is 234 g/mol. The van der Waals surface area contributed by atoms with E-state index in [1.807, 2.05) is 0 Å². The molecule has 0 unspecified atom stereocenters. The van der Waals surface area contributed by atoms with E-state index in [1.165, 1.54) is 25.3 Å². The van der Waals surface area contributed by atoms with Crippen LogP contribution in [0.3, 0.4) is 0 Å². The summed E-state index contributed by atoms with van der Waals surface area (Å²) in [5, 5.41) is 13.3. The van der Waals surface area contributed by atoms with Crippen molar-refractivity contribution in [2.45, 2.75) is 0 Å². The number of carbonyl (C=O) groups is 1. The van der Waals surface area contributed by atoms with Gasteiger partial charge in [-0.3, -0.25) is 4.79 Å². The Hall–Kier alpha value is -2.50. The van der Waals surface area contributed by atoms with Crippen LogP contribution in [0.5, 0.6) is 11.5 Å². The summed E-state index contributed by atoms with van der Waals surface area (Å²) in [4.78, 5) is 11.0.